The molecule has 0 aliphatic carbocycles. The highest BCUT2D eigenvalue weighted by Gasteiger charge is 2.12. The van der Waals surface area contributed by atoms with E-state index in [1.54, 1.807) is 20.2 Å². The Hall–Kier alpha value is -1.16. The molecule has 0 aromatic carbocycles. The number of aliphatic hydroxyl groups is 1. The van der Waals surface area contributed by atoms with Crippen LogP contribution in [-0.2, 0) is 0 Å². The molecule has 0 aliphatic rings. The molecule has 0 fully saturated rings. The van der Waals surface area contributed by atoms with Crippen LogP contribution in [-0.4, -0.2) is 27.2 Å². The SMILES string of the molecule is CC(C)c1cc(NCC(C)(C)O)ncn1. The van der Waals surface area contributed by atoms with Crippen molar-refractivity contribution in [3.05, 3.63) is 18.1 Å². The highest BCUT2D eigenvalue weighted by Crippen LogP contribution is 2.14. The van der Waals surface area contributed by atoms with Crippen LogP contribution < -0.4 is 5.32 Å². The Kier molecular flexibility index (Phi) is 3.63. The molecule has 1 heterocycles. The van der Waals surface area contributed by atoms with Gasteiger partial charge in [0.15, 0.2) is 0 Å². The minimum absolute atomic E-state index is 0.385. The van der Waals surface area contributed by atoms with Crippen molar-refractivity contribution in [2.45, 2.75) is 39.2 Å². The summed E-state index contributed by atoms with van der Waals surface area (Å²) in [5.74, 6) is 1.14. The predicted molar refractivity (Wildman–Crippen MR) is 60.9 cm³/mol. The molecular weight excluding hydrogens is 190 g/mol. The summed E-state index contributed by atoms with van der Waals surface area (Å²) in [6.07, 6.45) is 1.54. The van der Waals surface area contributed by atoms with Crippen LogP contribution in [0.25, 0.3) is 0 Å². The second-order valence-electron chi connectivity index (χ2n) is 4.65. The molecule has 0 saturated carbocycles. The number of rotatable bonds is 4. The van der Waals surface area contributed by atoms with E-state index in [0.29, 0.717) is 12.5 Å². The summed E-state index contributed by atoms with van der Waals surface area (Å²) < 4.78 is 0. The third kappa shape index (κ3) is 4.25. The summed E-state index contributed by atoms with van der Waals surface area (Å²) in [4.78, 5) is 8.26. The molecule has 0 atom stereocenters. The summed E-state index contributed by atoms with van der Waals surface area (Å²) >= 11 is 0. The Morgan fingerprint density at radius 2 is 2.07 bits per heavy atom. The first-order valence-corrected chi connectivity index (χ1v) is 5.17. The van der Waals surface area contributed by atoms with Crippen LogP contribution in [0.3, 0.4) is 0 Å². The molecule has 0 spiro atoms. The zero-order valence-corrected chi connectivity index (χ0v) is 9.78. The van der Waals surface area contributed by atoms with Crippen molar-refractivity contribution in [2.75, 3.05) is 11.9 Å². The average molecular weight is 209 g/mol. The van der Waals surface area contributed by atoms with Gasteiger partial charge in [-0.15, -0.1) is 0 Å². The maximum absolute atomic E-state index is 9.55. The fourth-order valence-corrected chi connectivity index (χ4v) is 1.09. The van der Waals surface area contributed by atoms with E-state index in [1.165, 1.54) is 0 Å². The monoisotopic (exact) mass is 209 g/mol. The molecule has 0 amide bonds. The third-order valence-corrected chi connectivity index (χ3v) is 1.98. The molecule has 4 heteroatoms. The van der Waals surface area contributed by atoms with Crippen molar-refractivity contribution in [2.24, 2.45) is 0 Å². The zero-order chi connectivity index (χ0) is 11.5. The van der Waals surface area contributed by atoms with Gasteiger partial charge in [-0.1, -0.05) is 13.8 Å². The van der Waals surface area contributed by atoms with Gasteiger partial charge in [0.2, 0.25) is 0 Å². The van der Waals surface area contributed by atoms with Gasteiger partial charge in [-0.3, -0.25) is 0 Å². The second-order valence-corrected chi connectivity index (χ2v) is 4.65. The lowest BCUT2D eigenvalue weighted by molar-refractivity contribution is 0.0944. The topological polar surface area (TPSA) is 58.0 Å². The Morgan fingerprint density at radius 1 is 1.40 bits per heavy atom. The molecule has 0 bridgehead atoms. The molecule has 15 heavy (non-hydrogen) atoms. The first-order chi connectivity index (χ1) is 6.88. The molecule has 1 aromatic rings. The molecule has 1 rings (SSSR count). The van der Waals surface area contributed by atoms with Gasteiger partial charge >= 0.3 is 0 Å². The van der Waals surface area contributed by atoms with Crippen LogP contribution in [0.4, 0.5) is 5.82 Å². The maximum Gasteiger partial charge on any atom is 0.129 e. The number of nitrogens with zero attached hydrogens (tertiary/aromatic N) is 2. The Bertz CT molecular complexity index is 318. The third-order valence-electron chi connectivity index (χ3n) is 1.98. The number of hydrogen-bond donors (Lipinski definition) is 2. The fraction of sp³-hybridized carbons (Fsp3) is 0.636. The van der Waals surface area contributed by atoms with Crippen molar-refractivity contribution < 1.29 is 5.11 Å². The smallest absolute Gasteiger partial charge is 0.129 e. The van der Waals surface area contributed by atoms with Gasteiger partial charge in [-0.05, 0) is 19.8 Å². The summed E-state index contributed by atoms with van der Waals surface area (Å²) in [6.45, 7) is 8.15. The van der Waals surface area contributed by atoms with Gasteiger partial charge in [-0.25, -0.2) is 9.97 Å². The van der Waals surface area contributed by atoms with Crippen LogP contribution in [0.2, 0.25) is 0 Å². The van der Waals surface area contributed by atoms with E-state index in [1.807, 2.05) is 6.07 Å². The van der Waals surface area contributed by atoms with Crippen molar-refractivity contribution >= 4 is 5.82 Å². The van der Waals surface area contributed by atoms with E-state index in [-0.39, 0.29) is 0 Å². The van der Waals surface area contributed by atoms with Crippen LogP contribution in [0, 0.1) is 0 Å². The van der Waals surface area contributed by atoms with Gasteiger partial charge < -0.3 is 10.4 Å². The molecular formula is C11H19N3O. The van der Waals surface area contributed by atoms with Crippen LogP contribution in [0.1, 0.15) is 39.3 Å². The van der Waals surface area contributed by atoms with E-state index in [4.69, 9.17) is 0 Å². The number of aromatic nitrogens is 2. The van der Waals surface area contributed by atoms with Gasteiger partial charge in [0, 0.05) is 18.3 Å². The van der Waals surface area contributed by atoms with Crippen LogP contribution in [0.5, 0.6) is 0 Å². The number of nitrogens with one attached hydrogen (secondary N) is 1. The van der Waals surface area contributed by atoms with Gasteiger partial charge in [0.25, 0.3) is 0 Å². The summed E-state index contributed by atoms with van der Waals surface area (Å²) in [5.41, 5.74) is 0.270. The highest BCUT2D eigenvalue weighted by atomic mass is 16.3. The Balaban J connectivity index is 2.66. The van der Waals surface area contributed by atoms with Gasteiger partial charge in [-0.2, -0.15) is 0 Å². The lowest BCUT2D eigenvalue weighted by atomic mass is 10.1. The Morgan fingerprint density at radius 3 is 2.60 bits per heavy atom. The first kappa shape index (κ1) is 11.9. The van der Waals surface area contributed by atoms with Crippen LogP contribution >= 0.6 is 0 Å². The maximum atomic E-state index is 9.55. The minimum atomic E-state index is -0.733. The minimum Gasteiger partial charge on any atom is -0.389 e. The molecule has 4 nitrogen and oxygen atoms in total. The molecule has 84 valence electrons. The quantitative estimate of drug-likeness (QED) is 0.793. The highest BCUT2D eigenvalue weighted by molar-refractivity contribution is 5.35. The summed E-state index contributed by atoms with van der Waals surface area (Å²) in [5, 5.41) is 12.6. The van der Waals surface area contributed by atoms with E-state index in [0.717, 1.165) is 11.5 Å². The first-order valence-electron chi connectivity index (χ1n) is 5.17. The second kappa shape index (κ2) is 4.57. The summed E-state index contributed by atoms with van der Waals surface area (Å²) in [7, 11) is 0. The standard InChI is InChI=1S/C11H19N3O/c1-8(2)9-5-10(14-7-13-9)12-6-11(3,4)15/h5,7-8,15H,6H2,1-4H3,(H,12,13,14). The Labute approximate surface area is 90.8 Å². The van der Waals surface area contributed by atoms with Crippen molar-refractivity contribution in [1.82, 2.24) is 9.97 Å². The molecule has 0 unspecified atom stereocenters. The number of anilines is 1. The fourth-order valence-electron chi connectivity index (χ4n) is 1.09. The van der Waals surface area contributed by atoms with Crippen molar-refractivity contribution in [3.63, 3.8) is 0 Å². The zero-order valence-electron chi connectivity index (χ0n) is 9.78. The molecule has 0 saturated heterocycles. The van der Waals surface area contributed by atoms with Crippen LogP contribution in [0.15, 0.2) is 12.4 Å². The lowest BCUT2D eigenvalue weighted by Crippen LogP contribution is -2.29. The summed E-state index contributed by atoms with van der Waals surface area (Å²) in [6, 6.07) is 1.91. The van der Waals surface area contributed by atoms with E-state index in [2.05, 4.69) is 29.1 Å². The molecule has 2 N–H and O–H groups in total. The van der Waals surface area contributed by atoms with E-state index >= 15 is 0 Å². The van der Waals surface area contributed by atoms with Gasteiger partial charge in [0.05, 0.1) is 5.60 Å². The average Bonchev–Trinajstić information content (AvgIpc) is 2.14. The van der Waals surface area contributed by atoms with Crippen molar-refractivity contribution in [1.29, 1.82) is 0 Å². The normalized spacial score (nSPS) is 11.9. The molecule has 0 radical (unpaired) electrons. The molecule has 1 aromatic heterocycles. The molecule has 0 aliphatic heterocycles. The van der Waals surface area contributed by atoms with E-state index < -0.39 is 5.60 Å². The number of hydrogen-bond acceptors (Lipinski definition) is 4. The predicted octanol–water partition coefficient (Wildman–Crippen LogP) is 1.78. The largest absolute Gasteiger partial charge is 0.389 e. The van der Waals surface area contributed by atoms with E-state index in [9.17, 15) is 5.11 Å². The van der Waals surface area contributed by atoms with Gasteiger partial charge in [0.1, 0.15) is 12.1 Å². The lowest BCUT2D eigenvalue weighted by Gasteiger charge is -2.18. The van der Waals surface area contributed by atoms with Crippen molar-refractivity contribution in [3.8, 4) is 0 Å².